The summed E-state index contributed by atoms with van der Waals surface area (Å²) in [6, 6.07) is 22.7. The molecule has 2 N–H and O–H groups in total. The van der Waals surface area contributed by atoms with Crippen LogP contribution in [0.15, 0.2) is 81.7 Å². The van der Waals surface area contributed by atoms with Gasteiger partial charge in [-0.05, 0) is 41.0 Å². The average molecular weight is 620 g/mol. The van der Waals surface area contributed by atoms with Crippen molar-refractivity contribution in [3.8, 4) is 11.1 Å². The summed E-state index contributed by atoms with van der Waals surface area (Å²) in [6.45, 7) is -0.200. The Balaban J connectivity index is 1.57. The number of thiazole rings is 1. The second kappa shape index (κ2) is 10.9. The number of benzene rings is 3. The van der Waals surface area contributed by atoms with E-state index in [0.717, 1.165) is 20.3 Å². The molecule has 5 aromatic rings. The molecule has 9 nitrogen and oxygen atoms in total. The zero-order valence-corrected chi connectivity index (χ0v) is 23.0. The number of rotatable bonds is 9. The van der Waals surface area contributed by atoms with E-state index < -0.39 is 26.4 Å². The van der Waals surface area contributed by atoms with Crippen molar-refractivity contribution < 1.29 is 21.6 Å². The van der Waals surface area contributed by atoms with Crippen molar-refractivity contribution in [1.82, 2.24) is 19.9 Å². The summed E-state index contributed by atoms with van der Waals surface area (Å²) in [7, 11) is -3.93. The Kier molecular flexibility index (Phi) is 7.60. The summed E-state index contributed by atoms with van der Waals surface area (Å²) >= 11 is 2.34. The van der Waals surface area contributed by atoms with Gasteiger partial charge in [0.1, 0.15) is 5.01 Å². The van der Waals surface area contributed by atoms with Crippen LogP contribution in [-0.4, -0.2) is 32.4 Å². The lowest BCUT2D eigenvalue weighted by Crippen LogP contribution is -2.17. The summed E-state index contributed by atoms with van der Waals surface area (Å²) < 4.78 is 56.9. The third-order valence-electron chi connectivity index (χ3n) is 5.41. The lowest BCUT2D eigenvalue weighted by Gasteiger charge is -2.12. The zero-order chi connectivity index (χ0) is 26.0. The smallest absolute Gasteiger partial charge is 0.241 e. The number of nitrogens with zero attached hydrogens (tertiary/aromatic N) is 3. The molecule has 190 valence electrons. The average Bonchev–Trinajstić information content (AvgIpc) is 3.49. The van der Waals surface area contributed by atoms with E-state index in [9.17, 15) is 12.6 Å². The summed E-state index contributed by atoms with van der Waals surface area (Å²) in [5.41, 5.74) is 3.26. The summed E-state index contributed by atoms with van der Waals surface area (Å²) in [5, 5.41) is 6.81. The molecule has 2 heterocycles. The Morgan fingerprint density at radius 3 is 2.59 bits per heavy atom. The highest BCUT2D eigenvalue weighted by Gasteiger charge is 2.37. The molecule has 0 aliphatic rings. The van der Waals surface area contributed by atoms with Crippen LogP contribution in [0.2, 0.25) is 0 Å². The fourth-order valence-electron chi connectivity index (χ4n) is 3.79. The topological polar surface area (TPSA) is 135 Å². The van der Waals surface area contributed by atoms with Crippen LogP contribution in [0.4, 0.5) is 0 Å². The zero-order valence-electron chi connectivity index (χ0n) is 18.9. The normalized spacial score (nSPS) is 13.6. The monoisotopic (exact) mass is 618 g/mol. The van der Waals surface area contributed by atoms with Gasteiger partial charge in [0.05, 0.1) is 22.5 Å². The Morgan fingerprint density at radius 1 is 1.03 bits per heavy atom. The van der Waals surface area contributed by atoms with Crippen LogP contribution in [0.1, 0.15) is 27.6 Å². The molecule has 0 aliphatic carbocycles. The van der Waals surface area contributed by atoms with Gasteiger partial charge in [0, 0.05) is 4.47 Å². The van der Waals surface area contributed by atoms with E-state index in [1.165, 1.54) is 11.3 Å². The summed E-state index contributed by atoms with van der Waals surface area (Å²) in [5.74, 6) is -0.454. The van der Waals surface area contributed by atoms with Gasteiger partial charge in [-0.1, -0.05) is 64.5 Å². The predicted molar refractivity (Wildman–Crippen MR) is 146 cm³/mol. The van der Waals surface area contributed by atoms with Crippen molar-refractivity contribution in [3.63, 3.8) is 0 Å². The number of halogens is 1. The van der Waals surface area contributed by atoms with Crippen LogP contribution >= 0.6 is 27.3 Å². The molecule has 0 bridgehead atoms. The van der Waals surface area contributed by atoms with E-state index in [1.54, 1.807) is 18.2 Å². The van der Waals surface area contributed by atoms with Crippen LogP contribution in [0.3, 0.4) is 0 Å². The maximum Gasteiger partial charge on any atom is 0.241 e. The van der Waals surface area contributed by atoms with Gasteiger partial charge in [0.15, 0.2) is 15.1 Å². The molecular weight excluding hydrogens is 600 g/mol. The van der Waals surface area contributed by atoms with E-state index in [2.05, 4.69) is 35.8 Å². The molecule has 0 saturated heterocycles. The number of hydrogen-bond acceptors (Lipinski definition) is 8. The molecule has 2 aromatic heterocycles. The van der Waals surface area contributed by atoms with Crippen molar-refractivity contribution in [2.75, 3.05) is 0 Å². The van der Waals surface area contributed by atoms with Gasteiger partial charge in [0.2, 0.25) is 23.0 Å². The number of sulfone groups is 1. The van der Waals surface area contributed by atoms with Gasteiger partial charge in [-0.2, -0.15) is 0 Å². The molecule has 0 spiro atoms. The maximum atomic E-state index is 13.8. The SMILES string of the molecule is O=S(O)NCc1nnc(C(c2nc3ccc(-c4ccccc4)cc3s2)S(=O)(=O)Cc2cccc(Br)c2)o1. The van der Waals surface area contributed by atoms with Crippen LogP contribution < -0.4 is 4.72 Å². The third-order valence-corrected chi connectivity index (χ3v) is 9.40. The molecule has 2 unspecified atom stereocenters. The molecule has 0 fully saturated rings. The van der Waals surface area contributed by atoms with Crippen molar-refractivity contribution in [2.24, 2.45) is 0 Å². The number of fused-ring (bicyclic) bond motifs is 1. The number of nitrogens with one attached hydrogen (secondary N) is 1. The predicted octanol–water partition coefficient (Wildman–Crippen LogP) is 5.04. The summed E-state index contributed by atoms with van der Waals surface area (Å²) in [4.78, 5) is 4.63. The molecular formula is C24H19BrN4O5S3. The van der Waals surface area contributed by atoms with E-state index >= 15 is 0 Å². The van der Waals surface area contributed by atoms with Crippen molar-refractivity contribution in [1.29, 1.82) is 0 Å². The Hall–Kier alpha value is -2.81. The van der Waals surface area contributed by atoms with E-state index in [1.807, 2.05) is 54.6 Å². The minimum Gasteiger partial charge on any atom is -0.422 e. The van der Waals surface area contributed by atoms with Crippen molar-refractivity contribution in [2.45, 2.75) is 17.5 Å². The van der Waals surface area contributed by atoms with Gasteiger partial charge >= 0.3 is 0 Å². The van der Waals surface area contributed by atoms with Gasteiger partial charge in [-0.15, -0.1) is 21.5 Å². The molecule has 0 amide bonds. The second-order valence-electron chi connectivity index (χ2n) is 8.02. The Morgan fingerprint density at radius 2 is 1.84 bits per heavy atom. The first kappa shape index (κ1) is 25.8. The van der Waals surface area contributed by atoms with Gasteiger partial charge < -0.3 is 4.42 Å². The highest BCUT2D eigenvalue weighted by atomic mass is 79.9. The third kappa shape index (κ3) is 6.03. The molecule has 13 heteroatoms. The lowest BCUT2D eigenvalue weighted by atomic mass is 10.1. The Labute approximate surface area is 227 Å². The van der Waals surface area contributed by atoms with Crippen molar-refractivity contribution >= 4 is 58.6 Å². The van der Waals surface area contributed by atoms with Crippen LogP contribution in [0, 0.1) is 0 Å². The van der Waals surface area contributed by atoms with Gasteiger partial charge in [0.25, 0.3) is 0 Å². The minimum atomic E-state index is -3.93. The highest BCUT2D eigenvalue weighted by Crippen LogP contribution is 2.38. The van der Waals surface area contributed by atoms with Gasteiger partial charge in [-0.3, -0.25) is 4.55 Å². The van der Waals surface area contributed by atoms with Crippen molar-refractivity contribution in [3.05, 3.63) is 99.6 Å². The first-order valence-corrected chi connectivity index (χ1v) is 15.3. The van der Waals surface area contributed by atoms with E-state index in [4.69, 9.17) is 8.97 Å². The highest BCUT2D eigenvalue weighted by molar-refractivity contribution is 9.10. The fourth-order valence-corrected chi connectivity index (χ4v) is 7.62. The molecule has 0 saturated carbocycles. The maximum absolute atomic E-state index is 13.8. The van der Waals surface area contributed by atoms with Gasteiger partial charge in [-0.25, -0.2) is 22.3 Å². The molecule has 5 rings (SSSR count). The minimum absolute atomic E-state index is 0.0208. The molecule has 2 atom stereocenters. The Bertz CT molecular complexity index is 1690. The molecule has 3 aromatic carbocycles. The lowest BCUT2D eigenvalue weighted by molar-refractivity contribution is 0.442. The first-order chi connectivity index (χ1) is 17.8. The first-order valence-electron chi connectivity index (χ1n) is 10.9. The molecule has 0 aliphatic heterocycles. The van der Waals surface area contributed by atoms with Crippen LogP contribution in [-0.2, 0) is 33.4 Å². The largest absolute Gasteiger partial charge is 0.422 e. The standard InChI is InChI=1S/C24H19BrN4O5S3/c25-18-8-4-5-15(11-18)14-37(32,33)22(23-29-28-21(34-23)13-26-36(30)31)24-27-19-10-9-17(12-20(19)35-24)16-6-2-1-3-7-16/h1-12,22,26H,13-14H2,(H,30,31). The van der Waals surface area contributed by atoms with E-state index in [-0.39, 0.29) is 24.1 Å². The fraction of sp³-hybridized carbons (Fsp3) is 0.125. The molecule has 37 heavy (non-hydrogen) atoms. The number of aromatic nitrogens is 3. The van der Waals surface area contributed by atoms with E-state index in [0.29, 0.717) is 16.1 Å². The quantitative estimate of drug-likeness (QED) is 0.219. The number of hydrogen-bond donors (Lipinski definition) is 2. The van der Waals surface area contributed by atoms with Crippen LogP contribution in [0.5, 0.6) is 0 Å². The van der Waals surface area contributed by atoms with Crippen LogP contribution in [0.25, 0.3) is 21.3 Å². The second-order valence-corrected chi connectivity index (χ2v) is 12.9. The summed E-state index contributed by atoms with van der Waals surface area (Å²) in [6.07, 6.45) is 0. The molecule has 0 radical (unpaired) electrons.